The minimum absolute atomic E-state index is 0.0662. The lowest BCUT2D eigenvalue weighted by Crippen LogP contribution is -2.36. The fraction of sp³-hybridized carbons (Fsp3) is 0.111. The standard InChI is InChI=1S/C27H20Cl2N2O6S/c1-36-26(34)19-13-18(10-11-21(19)29)30-24(32)14-31-25(33)23(38-27(31)35)12-16-6-3-5-9-22(16)37-15-17-7-2-4-8-20(17)28/h2-13H,14-15H2,1H3,(H,30,32)/b23-12+. The summed E-state index contributed by atoms with van der Waals surface area (Å²) < 4.78 is 10.6. The minimum Gasteiger partial charge on any atom is -0.488 e. The molecular formula is C27H20Cl2N2O6S. The summed E-state index contributed by atoms with van der Waals surface area (Å²) in [6.07, 6.45) is 1.55. The molecule has 1 saturated heterocycles. The molecule has 194 valence electrons. The van der Waals surface area contributed by atoms with Crippen molar-refractivity contribution in [1.82, 2.24) is 4.90 Å². The summed E-state index contributed by atoms with van der Waals surface area (Å²) in [5.74, 6) is -1.41. The molecular weight excluding hydrogens is 551 g/mol. The number of ether oxygens (including phenoxy) is 2. The van der Waals surface area contributed by atoms with Crippen LogP contribution in [-0.4, -0.2) is 41.6 Å². The van der Waals surface area contributed by atoms with Crippen LogP contribution >= 0.6 is 35.0 Å². The number of esters is 1. The Kier molecular flexibility index (Phi) is 8.73. The molecule has 4 rings (SSSR count). The molecule has 0 atom stereocenters. The largest absolute Gasteiger partial charge is 0.488 e. The Labute approximate surface area is 232 Å². The first-order valence-electron chi connectivity index (χ1n) is 11.1. The summed E-state index contributed by atoms with van der Waals surface area (Å²) >= 11 is 12.9. The third-order valence-corrected chi connectivity index (χ3v) is 6.98. The molecule has 0 bridgehead atoms. The fourth-order valence-corrected chi connectivity index (χ4v) is 4.71. The predicted molar refractivity (Wildman–Crippen MR) is 146 cm³/mol. The van der Waals surface area contributed by atoms with Crippen molar-refractivity contribution in [1.29, 1.82) is 0 Å². The maximum absolute atomic E-state index is 13.0. The first-order chi connectivity index (χ1) is 18.3. The van der Waals surface area contributed by atoms with Gasteiger partial charge in [-0.3, -0.25) is 19.3 Å². The summed E-state index contributed by atoms with van der Waals surface area (Å²) in [5, 5.41) is 2.70. The van der Waals surface area contributed by atoms with Crippen LogP contribution in [0.2, 0.25) is 10.0 Å². The lowest BCUT2D eigenvalue weighted by atomic mass is 10.1. The number of para-hydroxylation sites is 1. The Bertz CT molecular complexity index is 1460. The number of hydrogen-bond acceptors (Lipinski definition) is 7. The molecule has 1 fully saturated rings. The Morgan fingerprint density at radius 1 is 1.00 bits per heavy atom. The Morgan fingerprint density at radius 2 is 1.74 bits per heavy atom. The van der Waals surface area contributed by atoms with Crippen LogP contribution in [-0.2, 0) is 20.9 Å². The third kappa shape index (κ3) is 6.36. The van der Waals surface area contributed by atoms with Gasteiger partial charge in [0, 0.05) is 21.8 Å². The fourth-order valence-electron chi connectivity index (χ4n) is 3.49. The first-order valence-corrected chi connectivity index (χ1v) is 12.7. The minimum atomic E-state index is -0.668. The molecule has 3 amide bonds. The van der Waals surface area contributed by atoms with Gasteiger partial charge in [-0.2, -0.15) is 0 Å². The number of anilines is 1. The number of nitrogens with one attached hydrogen (secondary N) is 1. The van der Waals surface area contributed by atoms with E-state index in [1.54, 1.807) is 36.4 Å². The number of nitrogens with zero attached hydrogens (tertiary/aromatic N) is 1. The van der Waals surface area contributed by atoms with Gasteiger partial charge in [0.05, 0.1) is 22.6 Å². The van der Waals surface area contributed by atoms with Gasteiger partial charge in [0.2, 0.25) is 5.91 Å². The molecule has 0 aromatic heterocycles. The van der Waals surface area contributed by atoms with Gasteiger partial charge in [0.25, 0.3) is 11.1 Å². The highest BCUT2D eigenvalue weighted by Crippen LogP contribution is 2.34. The summed E-state index contributed by atoms with van der Waals surface area (Å²) in [4.78, 5) is 50.9. The van der Waals surface area contributed by atoms with Gasteiger partial charge >= 0.3 is 5.97 Å². The van der Waals surface area contributed by atoms with Gasteiger partial charge in [0.1, 0.15) is 18.9 Å². The maximum atomic E-state index is 13.0. The van der Waals surface area contributed by atoms with Crippen molar-refractivity contribution in [2.24, 2.45) is 0 Å². The quantitative estimate of drug-likeness (QED) is 0.260. The molecule has 1 N–H and O–H groups in total. The molecule has 0 saturated carbocycles. The number of amides is 3. The lowest BCUT2D eigenvalue weighted by molar-refractivity contribution is -0.127. The monoisotopic (exact) mass is 570 g/mol. The second kappa shape index (κ2) is 12.2. The molecule has 3 aromatic rings. The number of hydrogen-bond donors (Lipinski definition) is 1. The predicted octanol–water partition coefficient (Wildman–Crippen LogP) is 6.03. The van der Waals surface area contributed by atoms with Crippen molar-refractivity contribution in [2.45, 2.75) is 6.61 Å². The molecule has 1 aliphatic heterocycles. The van der Waals surface area contributed by atoms with Gasteiger partial charge in [0.15, 0.2) is 0 Å². The highest BCUT2D eigenvalue weighted by Gasteiger charge is 2.36. The second-order valence-electron chi connectivity index (χ2n) is 7.92. The highest BCUT2D eigenvalue weighted by molar-refractivity contribution is 8.18. The average molecular weight is 571 g/mol. The molecule has 1 aliphatic rings. The van der Waals surface area contributed by atoms with Crippen LogP contribution < -0.4 is 10.1 Å². The third-order valence-electron chi connectivity index (χ3n) is 5.38. The van der Waals surface area contributed by atoms with Crippen LogP contribution in [0.25, 0.3) is 6.08 Å². The average Bonchev–Trinajstić information content (AvgIpc) is 3.16. The molecule has 0 aliphatic carbocycles. The zero-order chi connectivity index (χ0) is 27.2. The molecule has 8 nitrogen and oxygen atoms in total. The van der Waals surface area contributed by atoms with Gasteiger partial charge < -0.3 is 14.8 Å². The number of rotatable bonds is 8. The Balaban J connectivity index is 1.45. The van der Waals surface area contributed by atoms with E-state index in [2.05, 4.69) is 10.1 Å². The van der Waals surface area contributed by atoms with E-state index < -0.39 is 29.6 Å². The van der Waals surface area contributed by atoms with E-state index in [0.717, 1.165) is 22.2 Å². The van der Waals surface area contributed by atoms with Crippen LogP contribution in [0.5, 0.6) is 5.75 Å². The van der Waals surface area contributed by atoms with Crippen molar-refractivity contribution in [3.63, 3.8) is 0 Å². The van der Waals surface area contributed by atoms with Crippen LogP contribution in [0.15, 0.2) is 71.6 Å². The van der Waals surface area contributed by atoms with Crippen molar-refractivity contribution in [3.8, 4) is 5.75 Å². The number of methoxy groups -OCH3 is 1. The normalized spacial score (nSPS) is 14.1. The first kappa shape index (κ1) is 27.3. The van der Waals surface area contributed by atoms with Crippen molar-refractivity contribution in [3.05, 3.63) is 98.4 Å². The molecule has 0 unspecified atom stereocenters. The van der Waals surface area contributed by atoms with Crippen LogP contribution in [0, 0.1) is 0 Å². The van der Waals surface area contributed by atoms with E-state index in [4.69, 9.17) is 27.9 Å². The zero-order valence-corrected chi connectivity index (χ0v) is 22.2. The topological polar surface area (TPSA) is 102 Å². The van der Waals surface area contributed by atoms with E-state index in [0.29, 0.717) is 16.3 Å². The summed E-state index contributed by atoms with van der Waals surface area (Å²) in [5.41, 5.74) is 1.71. The lowest BCUT2D eigenvalue weighted by Gasteiger charge is -2.13. The summed E-state index contributed by atoms with van der Waals surface area (Å²) in [6.45, 7) is -0.294. The number of halogens is 2. The number of imide groups is 1. The second-order valence-corrected chi connectivity index (χ2v) is 9.73. The molecule has 3 aromatic carbocycles. The SMILES string of the molecule is COC(=O)c1cc(NC(=O)CN2C(=O)S/C(=C/c3ccccc3OCc3ccccc3Cl)C2=O)ccc1Cl. The molecule has 0 radical (unpaired) electrons. The van der Waals surface area contributed by atoms with E-state index in [-0.39, 0.29) is 27.8 Å². The van der Waals surface area contributed by atoms with E-state index in [1.807, 2.05) is 18.2 Å². The van der Waals surface area contributed by atoms with E-state index in [9.17, 15) is 19.2 Å². The van der Waals surface area contributed by atoms with Crippen molar-refractivity contribution < 1.29 is 28.7 Å². The van der Waals surface area contributed by atoms with E-state index in [1.165, 1.54) is 25.3 Å². The molecule has 1 heterocycles. The van der Waals surface area contributed by atoms with Gasteiger partial charge in [-0.05, 0) is 48.2 Å². The van der Waals surface area contributed by atoms with Gasteiger partial charge in [-0.15, -0.1) is 0 Å². The summed E-state index contributed by atoms with van der Waals surface area (Å²) in [7, 11) is 1.21. The molecule has 38 heavy (non-hydrogen) atoms. The van der Waals surface area contributed by atoms with Crippen LogP contribution in [0.1, 0.15) is 21.5 Å². The van der Waals surface area contributed by atoms with Crippen molar-refractivity contribution in [2.75, 3.05) is 19.0 Å². The van der Waals surface area contributed by atoms with Gasteiger partial charge in [-0.1, -0.05) is 59.6 Å². The van der Waals surface area contributed by atoms with Crippen LogP contribution in [0.4, 0.5) is 10.5 Å². The zero-order valence-electron chi connectivity index (χ0n) is 19.9. The Morgan fingerprint density at radius 3 is 2.50 bits per heavy atom. The molecule has 0 spiro atoms. The molecule has 11 heteroatoms. The number of carbonyl (C=O) groups excluding carboxylic acids is 4. The number of benzene rings is 3. The van der Waals surface area contributed by atoms with Crippen LogP contribution in [0.3, 0.4) is 0 Å². The maximum Gasteiger partial charge on any atom is 0.339 e. The van der Waals surface area contributed by atoms with Gasteiger partial charge in [-0.25, -0.2) is 4.79 Å². The smallest absolute Gasteiger partial charge is 0.339 e. The number of thioether (sulfide) groups is 1. The number of carbonyl (C=O) groups is 4. The van der Waals surface area contributed by atoms with E-state index >= 15 is 0 Å². The summed E-state index contributed by atoms with van der Waals surface area (Å²) in [6, 6.07) is 18.6. The van der Waals surface area contributed by atoms with Crippen molar-refractivity contribution >= 4 is 69.8 Å². The highest BCUT2D eigenvalue weighted by atomic mass is 35.5. The Hall–Kier alpha value is -3.79.